The molecule has 0 aromatic heterocycles. The minimum Gasteiger partial charge on any atom is -0.453 e. The van der Waals surface area contributed by atoms with Gasteiger partial charge in [0.05, 0.1) is 11.3 Å². The maximum absolute atomic E-state index is 12.7. The fourth-order valence-corrected chi connectivity index (χ4v) is 3.11. The lowest BCUT2D eigenvalue weighted by Gasteiger charge is -2.26. The Balaban J connectivity index is 2.03. The van der Waals surface area contributed by atoms with Crippen LogP contribution in [0.5, 0.6) is 0 Å². The number of fused-ring (bicyclic) bond motifs is 2. The highest BCUT2D eigenvalue weighted by Gasteiger charge is 2.57. The molecule has 1 atom stereocenters. The summed E-state index contributed by atoms with van der Waals surface area (Å²) in [5.74, 6) is -2.57. The normalized spacial score (nSPS) is 25.9. The first-order valence-electron chi connectivity index (χ1n) is 6.87. The number of aliphatic hydroxyl groups is 1. The summed E-state index contributed by atoms with van der Waals surface area (Å²) >= 11 is 0. The number of rotatable bonds is 1. The van der Waals surface area contributed by atoms with E-state index in [4.69, 9.17) is 9.47 Å². The van der Waals surface area contributed by atoms with Crippen molar-refractivity contribution in [2.45, 2.75) is 5.60 Å². The molecule has 2 aliphatic heterocycles. The van der Waals surface area contributed by atoms with Crippen molar-refractivity contribution < 1.29 is 29.0 Å². The van der Waals surface area contributed by atoms with E-state index in [0.29, 0.717) is 5.69 Å². The summed E-state index contributed by atoms with van der Waals surface area (Å²) in [7, 11) is 1.49. The molecule has 116 valence electrons. The zero-order valence-electron chi connectivity index (χ0n) is 12.0. The number of Topliss-reactive ketones (excluding diaryl/α,β-unsaturated/α-hetero) is 1. The maximum Gasteiger partial charge on any atom is 0.268 e. The quantitative estimate of drug-likeness (QED) is 0.586. The number of likely N-dealkylation sites (N-methyl/N-ethyl adjacent to an activating group) is 1. The van der Waals surface area contributed by atoms with Crippen LogP contribution in [0.15, 0.2) is 47.4 Å². The Morgan fingerprint density at radius 1 is 1.17 bits per heavy atom. The molecule has 3 aliphatic rings. The maximum atomic E-state index is 12.7. The van der Waals surface area contributed by atoms with Crippen molar-refractivity contribution in [2.24, 2.45) is 0 Å². The molecule has 7 heteroatoms. The third kappa shape index (κ3) is 1.54. The second kappa shape index (κ2) is 4.30. The predicted octanol–water partition coefficient (Wildman–Crippen LogP) is 0.145. The summed E-state index contributed by atoms with van der Waals surface area (Å²) in [6, 6.07) is 6.53. The van der Waals surface area contributed by atoms with Gasteiger partial charge in [0.25, 0.3) is 5.91 Å². The van der Waals surface area contributed by atoms with Gasteiger partial charge < -0.3 is 19.5 Å². The van der Waals surface area contributed by atoms with Crippen LogP contribution in [0.4, 0.5) is 5.69 Å². The lowest BCUT2D eigenvalue weighted by molar-refractivity contribution is -0.138. The molecule has 0 unspecified atom stereocenters. The van der Waals surface area contributed by atoms with E-state index in [2.05, 4.69) is 0 Å². The average Bonchev–Trinajstić information content (AvgIpc) is 3.07. The fraction of sp³-hybridized carbons (Fsp3) is 0.188. The molecule has 1 N–H and O–H groups in total. The number of nitrogens with zero attached hydrogens (tertiary/aromatic N) is 1. The molecule has 1 amide bonds. The first-order chi connectivity index (χ1) is 11.0. The number of carbonyl (C=O) groups is 3. The van der Waals surface area contributed by atoms with Crippen LogP contribution in [0.1, 0.15) is 5.56 Å². The van der Waals surface area contributed by atoms with Crippen molar-refractivity contribution in [2.75, 3.05) is 18.7 Å². The summed E-state index contributed by atoms with van der Waals surface area (Å²) in [6.45, 7) is -0.188. The first kappa shape index (κ1) is 13.7. The highest BCUT2D eigenvalue weighted by Crippen LogP contribution is 2.47. The Labute approximate surface area is 130 Å². The van der Waals surface area contributed by atoms with Crippen molar-refractivity contribution >= 4 is 23.2 Å². The molecule has 4 rings (SSSR count). The van der Waals surface area contributed by atoms with Crippen molar-refractivity contribution in [1.29, 1.82) is 0 Å². The van der Waals surface area contributed by atoms with Gasteiger partial charge in [-0.1, -0.05) is 18.2 Å². The lowest BCUT2D eigenvalue weighted by Crippen LogP contribution is -2.45. The van der Waals surface area contributed by atoms with E-state index in [1.54, 1.807) is 18.2 Å². The Kier molecular flexibility index (Phi) is 2.56. The van der Waals surface area contributed by atoms with Crippen LogP contribution in [-0.4, -0.2) is 36.4 Å². The number of carbonyl (C=O) groups excluding carboxylic acids is 3. The number of anilines is 1. The number of ether oxygens (including phenoxy) is 2. The minimum atomic E-state index is -2.28. The highest BCUT2D eigenvalue weighted by molar-refractivity contribution is 6.50. The summed E-state index contributed by atoms with van der Waals surface area (Å²) in [6.07, 6.45) is 1.01. The molecule has 7 nitrogen and oxygen atoms in total. The molecule has 0 bridgehead atoms. The van der Waals surface area contributed by atoms with Crippen molar-refractivity contribution in [3.05, 3.63) is 53.0 Å². The van der Waals surface area contributed by atoms with E-state index < -0.39 is 23.1 Å². The van der Waals surface area contributed by atoms with Gasteiger partial charge in [-0.2, -0.15) is 0 Å². The molecular weight excluding hydrogens is 302 g/mol. The topological polar surface area (TPSA) is 93.1 Å². The number of amides is 1. The highest BCUT2D eigenvalue weighted by atomic mass is 16.7. The predicted molar refractivity (Wildman–Crippen MR) is 75.9 cm³/mol. The SMILES string of the molecule is CN1C(=O)[C@@](O)(C2=C3OCOC3=CC(=O)C2=O)c2ccccc21. The van der Waals surface area contributed by atoms with Gasteiger partial charge in [0.2, 0.25) is 24.0 Å². The van der Waals surface area contributed by atoms with Crippen LogP contribution in [0, 0.1) is 0 Å². The number of hydrogen-bond acceptors (Lipinski definition) is 6. The van der Waals surface area contributed by atoms with Crippen LogP contribution in [0.25, 0.3) is 0 Å². The summed E-state index contributed by atoms with van der Waals surface area (Å²) in [5, 5.41) is 11.2. The van der Waals surface area contributed by atoms with Gasteiger partial charge in [-0.15, -0.1) is 0 Å². The van der Waals surface area contributed by atoms with Gasteiger partial charge in [-0.05, 0) is 6.07 Å². The van der Waals surface area contributed by atoms with E-state index >= 15 is 0 Å². The molecule has 2 heterocycles. The zero-order chi connectivity index (χ0) is 16.4. The Bertz CT molecular complexity index is 852. The molecule has 0 spiro atoms. The van der Waals surface area contributed by atoms with E-state index in [1.807, 2.05) is 0 Å². The fourth-order valence-electron chi connectivity index (χ4n) is 3.11. The van der Waals surface area contributed by atoms with E-state index in [0.717, 1.165) is 6.08 Å². The third-order valence-corrected chi connectivity index (χ3v) is 4.21. The summed E-state index contributed by atoms with van der Waals surface area (Å²) in [5.41, 5.74) is -1.98. The molecule has 0 radical (unpaired) electrons. The van der Waals surface area contributed by atoms with Gasteiger partial charge >= 0.3 is 0 Å². The standard InChI is InChI=1S/C16H11NO6/c1-17-9-5-3-2-4-8(9)16(21,15(17)20)12-13(19)10(18)6-11-14(12)23-7-22-11/h2-6,21H,7H2,1H3/t16-/m0/s1. The minimum absolute atomic E-state index is 0.0536. The zero-order valence-corrected chi connectivity index (χ0v) is 12.0. The van der Waals surface area contributed by atoms with Gasteiger partial charge in [0, 0.05) is 18.7 Å². The van der Waals surface area contributed by atoms with E-state index in [-0.39, 0.29) is 29.4 Å². The van der Waals surface area contributed by atoms with Gasteiger partial charge in [-0.3, -0.25) is 14.4 Å². The van der Waals surface area contributed by atoms with Gasteiger partial charge in [0.15, 0.2) is 11.5 Å². The summed E-state index contributed by atoms with van der Waals surface area (Å²) in [4.78, 5) is 38.2. The Morgan fingerprint density at radius 2 is 1.91 bits per heavy atom. The number of benzene rings is 1. The summed E-state index contributed by atoms with van der Waals surface area (Å²) < 4.78 is 10.4. The molecular formula is C16H11NO6. The molecule has 1 saturated heterocycles. The van der Waals surface area contributed by atoms with Crippen LogP contribution in [0.3, 0.4) is 0 Å². The Hall–Kier alpha value is -2.93. The molecule has 1 fully saturated rings. The van der Waals surface area contributed by atoms with Gasteiger partial charge in [0.1, 0.15) is 0 Å². The average molecular weight is 313 g/mol. The molecule has 1 aromatic carbocycles. The molecule has 1 aliphatic carbocycles. The monoisotopic (exact) mass is 313 g/mol. The smallest absolute Gasteiger partial charge is 0.268 e. The molecule has 1 aromatic rings. The number of para-hydroxylation sites is 1. The van der Waals surface area contributed by atoms with Crippen molar-refractivity contribution in [3.8, 4) is 0 Å². The molecule has 0 saturated carbocycles. The molecule has 23 heavy (non-hydrogen) atoms. The van der Waals surface area contributed by atoms with Crippen LogP contribution in [-0.2, 0) is 29.5 Å². The second-order valence-corrected chi connectivity index (χ2v) is 5.40. The first-order valence-corrected chi connectivity index (χ1v) is 6.87. The van der Waals surface area contributed by atoms with Crippen LogP contribution < -0.4 is 4.90 Å². The van der Waals surface area contributed by atoms with E-state index in [1.165, 1.54) is 18.0 Å². The third-order valence-electron chi connectivity index (χ3n) is 4.21. The Morgan fingerprint density at radius 3 is 2.70 bits per heavy atom. The van der Waals surface area contributed by atoms with E-state index in [9.17, 15) is 19.5 Å². The lowest BCUT2D eigenvalue weighted by atomic mass is 9.80. The second-order valence-electron chi connectivity index (χ2n) is 5.40. The van der Waals surface area contributed by atoms with Crippen LogP contribution >= 0.6 is 0 Å². The largest absolute Gasteiger partial charge is 0.453 e. The number of ketones is 2. The van der Waals surface area contributed by atoms with Gasteiger partial charge in [-0.25, -0.2) is 0 Å². The van der Waals surface area contributed by atoms with Crippen LogP contribution in [0.2, 0.25) is 0 Å². The number of allylic oxidation sites excluding steroid dienone is 1. The van der Waals surface area contributed by atoms with Crippen molar-refractivity contribution in [1.82, 2.24) is 0 Å². The number of hydrogen-bond donors (Lipinski definition) is 1. The van der Waals surface area contributed by atoms with Crippen molar-refractivity contribution in [3.63, 3.8) is 0 Å².